The molecule has 0 atom stereocenters. The van der Waals surface area contributed by atoms with E-state index in [1.165, 1.54) is 13.5 Å². The highest BCUT2D eigenvalue weighted by Gasteiger charge is 2.47. The predicted molar refractivity (Wildman–Crippen MR) is 96.0 cm³/mol. The topological polar surface area (TPSA) is 13.1 Å². The highest BCUT2D eigenvalue weighted by atomic mass is 32.1. The van der Waals surface area contributed by atoms with Gasteiger partial charge < -0.3 is 4.42 Å². The molecule has 0 bridgehead atoms. The molecule has 0 aromatic carbocycles. The molecule has 0 radical (unpaired) electrons. The molecule has 4 aromatic heterocycles. The Morgan fingerprint density at radius 1 is 0.667 bits per heavy atom. The maximum Gasteiger partial charge on any atom is 0.253 e. The Morgan fingerprint density at radius 3 is 1.52 bits per heavy atom. The van der Waals surface area contributed by atoms with E-state index in [2.05, 4.69) is 58.6 Å². The van der Waals surface area contributed by atoms with E-state index in [-0.39, 0.29) is 0 Å². The number of rotatable bonds is 4. The van der Waals surface area contributed by atoms with Gasteiger partial charge in [-0.3, -0.25) is 0 Å². The highest BCUT2D eigenvalue weighted by molar-refractivity contribution is 7.48. The fraction of sp³-hybridized carbons (Fsp3) is 0. The van der Waals surface area contributed by atoms with Crippen LogP contribution in [0.4, 0.5) is 0 Å². The lowest BCUT2D eigenvalue weighted by Crippen LogP contribution is -2.72. The second kappa shape index (κ2) is 5.42. The van der Waals surface area contributed by atoms with Crippen molar-refractivity contribution in [3.05, 3.63) is 70.9 Å². The zero-order chi connectivity index (χ0) is 14.1. The summed E-state index contributed by atoms with van der Waals surface area (Å²) in [5.41, 5.74) is 0. The Morgan fingerprint density at radius 2 is 1.19 bits per heavy atom. The van der Waals surface area contributed by atoms with Crippen LogP contribution < -0.4 is 18.9 Å². The lowest BCUT2D eigenvalue weighted by molar-refractivity contribution is 0.599. The molecular weight excluding hydrogens is 332 g/mol. The van der Waals surface area contributed by atoms with Gasteiger partial charge in [0.1, 0.15) is 5.38 Å². The first-order valence-electron chi connectivity index (χ1n) is 6.58. The zero-order valence-electron chi connectivity index (χ0n) is 11.1. The molecule has 1 nitrogen and oxygen atoms in total. The molecule has 4 aromatic rings. The van der Waals surface area contributed by atoms with Crippen LogP contribution in [0.3, 0.4) is 0 Å². The Bertz CT molecular complexity index is 642. The van der Waals surface area contributed by atoms with Gasteiger partial charge in [0.2, 0.25) is 0 Å². The van der Waals surface area contributed by atoms with Crippen LogP contribution in [-0.2, 0) is 0 Å². The first kappa shape index (κ1) is 13.3. The van der Waals surface area contributed by atoms with Crippen LogP contribution in [0.1, 0.15) is 0 Å². The standard InChI is InChI=1S/C16H12OS3Si/c1-5-13(17-9-1)21(14-6-2-10-18-14,15-7-3-11-19-15)16-8-4-12-20-16/h1-12H. The summed E-state index contributed by atoms with van der Waals surface area (Å²) >= 11 is 5.52. The van der Waals surface area contributed by atoms with Crippen molar-refractivity contribution in [1.29, 1.82) is 0 Å². The fourth-order valence-electron chi connectivity index (χ4n) is 2.70. The van der Waals surface area contributed by atoms with Crippen molar-refractivity contribution in [2.24, 2.45) is 0 Å². The lowest BCUT2D eigenvalue weighted by atomic mass is 10.7. The Hall–Kier alpha value is -1.40. The largest absolute Gasteiger partial charge is 0.473 e. The molecule has 0 fully saturated rings. The van der Waals surface area contributed by atoms with E-state index in [9.17, 15) is 0 Å². The molecular formula is C16H12OS3Si. The summed E-state index contributed by atoms with van der Waals surface area (Å²) in [4.78, 5) is 0. The van der Waals surface area contributed by atoms with E-state index in [0.717, 1.165) is 5.38 Å². The number of hydrogen-bond acceptors (Lipinski definition) is 4. The first-order chi connectivity index (χ1) is 10.4. The summed E-state index contributed by atoms with van der Waals surface area (Å²) in [5.74, 6) is 0. The summed E-state index contributed by atoms with van der Waals surface area (Å²) in [6.07, 6.45) is 1.80. The van der Waals surface area contributed by atoms with Crippen molar-refractivity contribution in [3.63, 3.8) is 0 Å². The van der Waals surface area contributed by atoms with Crippen molar-refractivity contribution in [2.45, 2.75) is 0 Å². The van der Waals surface area contributed by atoms with Gasteiger partial charge in [0.05, 0.1) is 6.26 Å². The van der Waals surface area contributed by atoms with E-state index < -0.39 is 8.07 Å². The second-order valence-electron chi connectivity index (χ2n) is 4.66. The summed E-state index contributed by atoms with van der Waals surface area (Å²) in [6.45, 7) is 0. The third-order valence-electron chi connectivity index (χ3n) is 3.56. The van der Waals surface area contributed by atoms with E-state index in [1.807, 2.05) is 40.1 Å². The van der Waals surface area contributed by atoms with Gasteiger partial charge in [-0.25, -0.2) is 0 Å². The molecule has 0 spiro atoms. The molecule has 0 aliphatic carbocycles. The quantitative estimate of drug-likeness (QED) is 0.519. The molecule has 0 unspecified atom stereocenters. The predicted octanol–water partition coefficient (Wildman–Crippen LogP) is 2.84. The molecule has 104 valence electrons. The van der Waals surface area contributed by atoms with Crippen LogP contribution in [0.5, 0.6) is 0 Å². The third kappa shape index (κ3) is 2.00. The molecule has 0 N–H and O–H groups in total. The van der Waals surface area contributed by atoms with Crippen molar-refractivity contribution in [3.8, 4) is 0 Å². The van der Waals surface area contributed by atoms with Gasteiger partial charge in [-0.1, -0.05) is 36.4 Å². The van der Waals surface area contributed by atoms with Crippen LogP contribution in [0.25, 0.3) is 0 Å². The van der Waals surface area contributed by atoms with Gasteiger partial charge in [0.15, 0.2) is 0 Å². The van der Waals surface area contributed by atoms with Crippen LogP contribution in [0, 0.1) is 0 Å². The highest BCUT2D eigenvalue weighted by Crippen LogP contribution is 2.16. The molecule has 0 aliphatic rings. The minimum absolute atomic E-state index is 1.12. The summed E-state index contributed by atoms with van der Waals surface area (Å²) in [7, 11) is -2.20. The Balaban J connectivity index is 2.10. The van der Waals surface area contributed by atoms with E-state index in [4.69, 9.17) is 4.42 Å². The SMILES string of the molecule is c1coc([Si](c2cccs2)(c2cccs2)c2cccs2)c1. The van der Waals surface area contributed by atoms with E-state index in [1.54, 1.807) is 6.26 Å². The summed E-state index contributed by atoms with van der Waals surface area (Å²) in [6, 6.07) is 17.4. The van der Waals surface area contributed by atoms with Crippen molar-refractivity contribution in [1.82, 2.24) is 0 Å². The van der Waals surface area contributed by atoms with Gasteiger partial charge >= 0.3 is 0 Å². The van der Waals surface area contributed by atoms with Gasteiger partial charge in [-0.15, -0.1) is 0 Å². The lowest BCUT2D eigenvalue weighted by Gasteiger charge is -2.26. The number of hydrogen-bond donors (Lipinski definition) is 0. The Labute approximate surface area is 136 Å². The number of thiophene rings is 3. The molecule has 0 saturated heterocycles. The molecule has 21 heavy (non-hydrogen) atoms. The molecule has 5 heteroatoms. The molecule has 0 amide bonds. The molecule has 4 rings (SSSR count). The number of furan rings is 1. The summed E-state index contributed by atoms with van der Waals surface area (Å²) in [5, 5.41) is 7.62. The van der Waals surface area contributed by atoms with Crippen LogP contribution in [0.2, 0.25) is 0 Å². The van der Waals surface area contributed by atoms with E-state index in [0.29, 0.717) is 0 Å². The van der Waals surface area contributed by atoms with Gasteiger partial charge in [-0.2, -0.15) is 34.0 Å². The fourth-order valence-corrected chi connectivity index (χ4v) is 13.4. The third-order valence-corrected chi connectivity index (χ3v) is 13.2. The zero-order valence-corrected chi connectivity index (χ0v) is 14.5. The Kier molecular flexibility index (Phi) is 3.43. The van der Waals surface area contributed by atoms with E-state index >= 15 is 0 Å². The molecule has 4 heterocycles. The second-order valence-corrected chi connectivity index (χ2v) is 12.2. The normalized spacial score (nSPS) is 11.8. The van der Waals surface area contributed by atoms with Gasteiger partial charge in [-0.05, 0) is 28.3 Å². The maximum atomic E-state index is 5.95. The smallest absolute Gasteiger partial charge is 0.253 e. The van der Waals surface area contributed by atoms with Crippen LogP contribution >= 0.6 is 34.0 Å². The van der Waals surface area contributed by atoms with Crippen LogP contribution in [0.15, 0.2) is 75.4 Å². The van der Waals surface area contributed by atoms with Crippen LogP contribution in [-0.4, -0.2) is 8.07 Å². The monoisotopic (exact) mass is 344 g/mol. The van der Waals surface area contributed by atoms with Crippen molar-refractivity contribution >= 4 is 61.0 Å². The molecule has 0 saturated carbocycles. The average Bonchev–Trinajstić information content (AvgIpc) is 3.32. The minimum Gasteiger partial charge on any atom is -0.473 e. The average molecular weight is 345 g/mol. The van der Waals surface area contributed by atoms with Gasteiger partial charge in [0, 0.05) is 13.5 Å². The van der Waals surface area contributed by atoms with Crippen molar-refractivity contribution < 1.29 is 4.42 Å². The summed E-state index contributed by atoms with van der Waals surface area (Å²) < 4.78 is 10.3. The van der Waals surface area contributed by atoms with Crippen molar-refractivity contribution in [2.75, 3.05) is 0 Å². The maximum absolute atomic E-state index is 5.95. The minimum atomic E-state index is -2.20. The van der Waals surface area contributed by atoms with Gasteiger partial charge in [0.25, 0.3) is 8.07 Å². The first-order valence-corrected chi connectivity index (χ1v) is 11.2. The molecule has 0 aliphatic heterocycles.